The van der Waals surface area contributed by atoms with Crippen LogP contribution in [0.5, 0.6) is 0 Å². The van der Waals surface area contributed by atoms with Gasteiger partial charge in [0.15, 0.2) is 5.65 Å². The van der Waals surface area contributed by atoms with E-state index in [1.54, 1.807) is 30.5 Å². The van der Waals surface area contributed by atoms with Crippen LogP contribution in [-0.2, 0) is 15.6 Å². The molecule has 1 N–H and O–H groups in total. The van der Waals surface area contributed by atoms with Gasteiger partial charge in [-0.25, -0.2) is 13.4 Å². The van der Waals surface area contributed by atoms with Crippen LogP contribution in [0.3, 0.4) is 0 Å². The molecule has 3 aromatic rings. The van der Waals surface area contributed by atoms with Gasteiger partial charge in [-0.15, -0.1) is 0 Å². The van der Waals surface area contributed by atoms with Crippen LogP contribution in [0.4, 0.5) is 0 Å². The highest BCUT2D eigenvalue weighted by atomic mass is 35.5. The van der Waals surface area contributed by atoms with Crippen molar-refractivity contribution in [3.05, 3.63) is 52.1 Å². The summed E-state index contributed by atoms with van der Waals surface area (Å²) in [5.74, 6) is -0.261. The number of hydrogen-bond donors (Lipinski definition) is 1. The van der Waals surface area contributed by atoms with Crippen LogP contribution in [0.2, 0.25) is 10.0 Å². The minimum atomic E-state index is -3.64. The second-order valence-corrected chi connectivity index (χ2v) is 7.16. The number of hydrogen-bond acceptors (Lipinski definition) is 4. The van der Waals surface area contributed by atoms with E-state index in [1.165, 1.54) is 6.07 Å². The van der Waals surface area contributed by atoms with Crippen LogP contribution in [0.15, 0.2) is 41.7 Å². The number of nitrogens with one attached hydrogen (secondary N) is 1. The van der Waals surface area contributed by atoms with E-state index in [2.05, 4.69) is 15.0 Å². The molecule has 0 spiro atoms. The summed E-state index contributed by atoms with van der Waals surface area (Å²) in [7, 11) is -3.64. The molecule has 3 rings (SSSR count). The topological polar surface area (TPSA) is 75.7 Å². The summed E-state index contributed by atoms with van der Waals surface area (Å²) in [5, 5.41) is 0.636. The van der Waals surface area contributed by atoms with E-state index in [4.69, 9.17) is 23.2 Å². The fourth-order valence-corrected chi connectivity index (χ4v) is 3.73. The maximum absolute atomic E-state index is 12.4. The van der Waals surface area contributed by atoms with Gasteiger partial charge in [-0.1, -0.05) is 29.3 Å². The zero-order valence-corrected chi connectivity index (χ0v) is 12.9. The summed E-state index contributed by atoms with van der Waals surface area (Å²) in [6.45, 7) is 0. The molecule has 0 amide bonds. The van der Waals surface area contributed by atoms with Crippen molar-refractivity contribution in [2.24, 2.45) is 0 Å². The Kier molecular flexibility index (Phi) is 3.61. The fourth-order valence-electron chi connectivity index (χ4n) is 1.88. The predicted molar refractivity (Wildman–Crippen MR) is 81.2 cm³/mol. The van der Waals surface area contributed by atoms with Crippen molar-refractivity contribution < 1.29 is 8.42 Å². The Morgan fingerprint density at radius 2 is 2.00 bits per heavy atom. The number of H-pyrrole nitrogens is 1. The summed E-state index contributed by atoms with van der Waals surface area (Å²) >= 11 is 11.8. The highest BCUT2D eigenvalue weighted by Crippen LogP contribution is 2.25. The van der Waals surface area contributed by atoms with Gasteiger partial charge in [0.2, 0.25) is 15.0 Å². The number of aromatic amines is 1. The Morgan fingerprint density at radius 3 is 2.71 bits per heavy atom. The third-order valence-electron chi connectivity index (χ3n) is 2.89. The normalized spacial score (nSPS) is 11.9. The lowest BCUT2D eigenvalue weighted by molar-refractivity contribution is 0.588. The molecule has 0 aliphatic heterocycles. The first-order valence-corrected chi connectivity index (χ1v) is 8.34. The molecule has 2 aromatic heterocycles. The van der Waals surface area contributed by atoms with Crippen LogP contribution in [0.1, 0.15) is 5.56 Å². The van der Waals surface area contributed by atoms with Crippen LogP contribution >= 0.6 is 23.2 Å². The summed E-state index contributed by atoms with van der Waals surface area (Å²) in [6.07, 6.45) is 1.55. The van der Waals surface area contributed by atoms with Crippen molar-refractivity contribution in [1.82, 2.24) is 15.0 Å². The monoisotopic (exact) mass is 341 g/mol. The van der Waals surface area contributed by atoms with E-state index in [9.17, 15) is 8.42 Å². The van der Waals surface area contributed by atoms with Gasteiger partial charge < -0.3 is 4.98 Å². The minimum absolute atomic E-state index is 0.123. The van der Waals surface area contributed by atoms with Gasteiger partial charge in [-0.05, 0) is 29.8 Å². The largest absolute Gasteiger partial charge is 0.327 e. The molecule has 0 aliphatic carbocycles. The van der Waals surface area contributed by atoms with Crippen LogP contribution in [0.25, 0.3) is 11.2 Å². The number of aromatic nitrogens is 3. The van der Waals surface area contributed by atoms with E-state index < -0.39 is 9.84 Å². The molecule has 108 valence electrons. The van der Waals surface area contributed by atoms with Crippen molar-refractivity contribution in [1.29, 1.82) is 0 Å². The quantitative estimate of drug-likeness (QED) is 0.793. The van der Waals surface area contributed by atoms with Gasteiger partial charge in [0.25, 0.3) is 0 Å². The van der Waals surface area contributed by atoms with E-state index >= 15 is 0 Å². The number of fused-ring (bicyclic) bond motifs is 1. The Morgan fingerprint density at radius 1 is 1.19 bits per heavy atom. The lowest BCUT2D eigenvalue weighted by Crippen LogP contribution is -2.07. The number of sulfone groups is 1. The van der Waals surface area contributed by atoms with Gasteiger partial charge >= 0.3 is 0 Å². The number of imidazole rings is 1. The lowest BCUT2D eigenvalue weighted by Gasteiger charge is -2.04. The van der Waals surface area contributed by atoms with Crippen LogP contribution in [-0.4, -0.2) is 23.4 Å². The van der Waals surface area contributed by atoms with Gasteiger partial charge in [0.1, 0.15) is 0 Å². The molecule has 0 atom stereocenters. The van der Waals surface area contributed by atoms with Crippen LogP contribution in [0, 0.1) is 0 Å². The maximum Gasteiger partial charge on any atom is 0.227 e. The van der Waals surface area contributed by atoms with E-state index in [1.807, 2.05) is 0 Å². The van der Waals surface area contributed by atoms with Crippen molar-refractivity contribution in [2.45, 2.75) is 10.9 Å². The highest BCUT2D eigenvalue weighted by molar-refractivity contribution is 7.90. The number of benzene rings is 1. The second-order valence-electron chi connectivity index (χ2n) is 4.41. The smallest absolute Gasteiger partial charge is 0.227 e. The second kappa shape index (κ2) is 5.29. The molecule has 0 bridgehead atoms. The van der Waals surface area contributed by atoms with E-state index in [0.29, 0.717) is 26.8 Å². The van der Waals surface area contributed by atoms with Crippen LogP contribution < -0.4 is 0 Å². The van der Waals surface area contributed by atoms with Gasteiger partial charge in [-0.3, -0.25) is 0 Å². The van der Waals surface area contributed by atoms with Crippen molar-refractivity contribution in [3.8, 4) is 0 Å². The number of pyridine rings is 1. The molecule has 0 unspecified atom stereocenters. The molecule has 0 saturated heterocycles. The zero-order chi connectivity index (χ0) is 15.0. The first-order chi connectivity index (χ1) is 9.95. The molecular weight excluding hydrogens is 333 g/mol. The summed E-state index contributed by atoms with van der Waals surface area (Å²) < 4.78 is 24.8. The Balaban J connectivity index is 2.00. The molecule has 8 heteroatoms. The number of rotatable bonds is 3. The summed E-state index contributed by atoms with van der Waals surface area (Å²) in [4.78, 5) is 10.8. The third kappa shape index (κ3) is 2.88. The molecule has 5 nitrogen and oxygen atoms in total. The molecule has 0 radical (unpaired) electrons. The molecule has 1 aromatic carbocycles. The Bertz CT molecular complexity index is 889. The molecule has 0 fully saturated rings. The zero-order valence-electron chi connectivity index (χ0n) is 10.5. The van der Waals surface area contributed by atoms with E-state index in [0.717, 1.165) is 0 Å². The summed E-state index contributed by atoms with van der Waals surface area (Å²) in [6, 6.07) is 8.10. The van der Waals surface area contributed by atoms with Crippen molar-refractivity contribution in [2.75, 3.05) is 0 Å². The molecule has 2 heterocycles. The first-order valence-electron chi connectivity index (χ1n) is 5.93. The maximum atomic E-state index is 12.4. The fraction of sp³-hybridized carbons (Fsp3) is 0.0769. The van der Waals surface area contributed by atoms with Gasteiger partial charge in [0, 0.05) is 16.2 Å². The molecular formula is C13H9Cl2N3O2S. The van der Waals surface area contributed by atoms with Crippen molar-refractivity contribution in [3.63, 3.8) is 0 Å². The van der Waals surface area contributed by atoms with Crippen molar-refractivity contribution >= 4 is 44.2 Å². The third-order valence-corrected chi connectivity index (χ3v) is 4.95. The van der Waals surface area contributed by atoms with Gasteiger partial charge in [-0.2, -0.15) is 4.98 Å². The predicted octanol–water partition coefficient (Wildman–Crippen LogP) is 3.24. The number of nitrogens with zero attached hydrogens (tertiary/aromatic N) is 2. The Hall–Kier alpha value is -1.63. The molecule has 21 heavy (non-hydrogen) atoms. The molecule has 0 saturated carbocycles. The minimum Gasteiger partial charge on any atom is -0.327 e. The molecule has 0 aliphatic rings. The van der Waals surface area contributed by atoms with Gasteiger partial charge in [0.05, 0.1) is 11.3 Å². The Labute approximate surface area is 130 Å². The standard InChI is InChI=1S/C13H9Cl2N3O2S/c14-9-4-3-8(10(15)6-9)7-21(19,20)13-17-11-2-1-5-16-12(11)18-13/h1-6H,7H2,(H,16,17,18). The summed E-state index contributed by atoms with van der Waals surface area (Å²) in [5.41, 5.74) is 1.39. The lowest BCUT2D eigenvalue weighted by atomic mass is 10.2. The highest BCUT2D eigenvalue weighted by Gasteiger charge is 2.21. The first kappa shape index (κ1) is 14.3. The average Bonchev–Trinajstić information content (AvgIpc) is 2.87. The SMILES string of the molecule is O=S(=O)(Cc1ccc(Cl)cc1Cl)c1nc2ncccc2[nH]1. The number of halogens is 2. The van der Waals surface area contributed by atoms with E-state index in [-0.39, 0.29) is 10.9 Å². The average molecular weight is 342 g/mol.